The number of rotatable bonds is 7. The number of fused-ring (bicyclic) bond motifs is 2. The minimum atomic E-state index is -4.73. The van der Waals surface area contributed by atoms with Crippen LogP contribution < -0.4 is 15.4 Å². The summed E-state index contributed by atoms with van der Waals surface area (Å²) in [5.41, 5.74) is 3.98. The topological polar surface area (TPSA) is 116 Å². The first-order valence-electron chi connectivity index (χ1n) is 13.4. The molecule has 0 saturated heterocycles. The third-order valence-electron chi connectivity index (χ3n) is 7.27. The molecule has 16 heteroatoms. The van der Waals surface area contributed by atoms with Crippen LogP contribution in [0, 0.1) is 5.92 Å². The molecular formula is C29H25ClF6N6O3. The molecule has 2 amide bonds. The molecule has 2 N–H and O–H groups in total. The number of aromatic nitrogens is 4. The van der Waals surface area contributed by atoms with E-state index in [-0.39, 0.29) is 34.5 Å². The Morgan fingerprint density at radius 1 is 1.11 bits per heavy atom. The van der Waals surface area contributed by atoms with Crippen LogP contribution in [0.3, 0.4) is 0 Å². The van der Waals surface area contributed by atoms with Crippen molar-refractivity contribution in [3.8, 4) is 16.9 Å². The van der Waals surface area contributed by atoms with Crippen LogP contribution in [-0.4, -0.2) is 49.5 Å². The number of anilines is 1. The van der Waals surface area contributed by atoms with Gasteiger partial charge in [-0.15, -0.1) is 0 Å². The predicted octanol–water partition coefficient (Wildman–Crippen LogP) is 6.25. The number of ether oxygens (including phenoxy) is 1. The van der Waals surface area contributed by atoms with Crippen LogP contribution in [0.5, 0.6) is 5.75 Å². The number of halogens is 7. The standard InChI is InChI=1S/C29H25ClF6N6O3/c1-14(29(34,35)36)8-19-23(24(37)43)22(18-11-39-42(25(18)40-19)13-28(31,32)33)15-4-7-20-21(9-15)45-27(2,3)26(44)41(20)12-17-6-5-16(30)10-38-17/h4-7,9-11,14H,8,12-13H2,1-3H3,(H2,37,43)/t14-/m0/s1. The molecule has 0 radical (unpaired) electrons. The molecule has 0 saturated carbocycles. The van der Waals surface area contributed by atoms with E-state index < -0.39 is 59.9 Å². The van der Waals surface area contributed by atoms with Crippen molar-refractivity contribution in [1.29, 1.82) is 0 Å². The number of hydrogen-bond donors (Lipinski definition) is 1. The molecule has 1 aliphatic heterocycles. The van der Waals surface area contributed by atoms with Crippen LogP contribution in [0.25, 0.3) is 22.2 Å². The number of nitrogens with two attached hydrogens (primary N) is 1. The Labute approximate surface area is 256 Å². The van der Waals surface area contributed by atoms with Crippen molar-refractivity contribution in [3.63, 3.8) is 0 Å². The average Bonchev–Trinajstić information content (AvgIpc) is 3.31. The van der Waals surface area contributed by atoms with Gasteiger partial charge in [0.05, 0.1) is 46.3 Å². The van der Waals surface area contributed by atoms with E-state index in [1.165, 1.54) is 43.1 Å². The summed E-state index contributed by atoms with van der Waals surface area (Å²) in [5.74, 6) is -3.40. The van der Waals surface area contributed by atoms with E-state index in [1.807, 2.05) is 0 Å². The third-order valence-corrected chi connectivity index (χ3v) is 7.49. The summed E-state index contributed by atoms with van der Waals surface area (Å²) >= 11 is 5.94. The third kappa shape index (κ3) is 6.39. The molecule has 1 aliphatic rings. The Morgan fingerprint density at radius 2 is 1.82 bits per heavy atom. The maximum atomic E-state index is 13.6. The second-order valence-corrected chi connectivity index (χ2v) is 11.6. The molecule has 0 unspecified atom stereocenters. The molecule has 0 spiro atoms. The molecule has 4 aromatic rings. The summed E-state index contributed by atoms with van der Waals surface area (Å²) in [4.78, 5) is 35.9. The average molecular weight is 655 g/mol. The SMILES string of the molecule is C[C@@H](Cc1nc2c(cnn2CC(F)(F)F)c(-c2ccc3c(c2)OC(C)(C)C(=O)N3Cc2ccc(Cl)cn2)c1C(N)=O)C(F)(F)F. The quantitative estimate of drug-likeness (QED) is 0.236. The lowest BCUT2D eigenvalue weighted by molar-refractivity contribution is -0.169. The predicted molar refractivity (Wildman–Crippen MR) is 152 cm³/mol. The molecule has 1 atom stereocenters. The number of primary amides is 1. The van der Waals surface area contributed by atoms with Crippen LogP contribution in [0.1, 0.15) is 42.5 Å². The lowest BCUT2D eigenvalue weighted by Gasteiger charge is -2.39. The molecule has 1 aromatic carbocycles. The summed E-state index contributed by atoms with van der Waals surface area (Å²) in [6.07, 6.45) is -7.81. The summed E-state index contributed by atoms with van der Waals surface area (Å²) in [7, 11) is 0. The summed E-state index contributed by atoms with van der Waals surface area (Å²) in [5, 5.41) is 4.13. The Bertz CT molecular complexity index is 1800. The molecular weight excluding hydrogens is 630 g/mol. The zero-order valence-electron chi connectivity index (χ0n) is 23.9. The molecule has 4 heterocycles. The fourth-order valence-electron chi connectivity index (χ4n) is 5.09. The van der Waals surface area contributed by atoms with E-state index in [9.17, 15) is 35.9 Å². The van der Waals surface area contributed by atoms with Gasteiger partial charge in [-0.05, 0) is 43.7 Å². The van der Waals surface area contributed by atoms with Gasteiger partial charge in [0.25, 0.3) is 11.8 Å². The number of alkyl halides is 6. The second kappa shape index (κ2) is 11.2. The molecule has 45 heavy (non-hydrogen) atoms. The number of hydrogen-bond acceptors (Lipinski definition) is 6. The van der Waals surface area contributed by atoms with E-state index >= 15 is 0 Å². The van der Waals surface area contributed by atoms with E-state index in [0.717, 1.165) is 13.1 Å². The van der Waals surface area contributed by atoms with Crippen molar-refractivity contribution in [2.24, 2.45) is 11.7 Å². The minimum absolute atomic E-state index is 0.0326. The van der Waals surface area contributed by atoms with E-state index in [4.69, 9.17) is 22.1 Å². The molecule has 0 aliphatic carbocycles. The van der Waals surface area contributed by atoms with E-state index in [1.54, 1.807) is 12.1 Å². The number of amides is 2. The van der Waals surface area contributed by atoms with Gasteiger partial charge in [-0.2, -0.15) is 31.4 Å². The number of pyridine rings is 2. The van der Waals surface area contributed by atoms with Gasteiger partial charge in [-0.3, -0.25) is 19.5 Å². The highest BCUT2D eigenvalue weighted by atomic mass is 35.5. The maximum Gasteiger partial charge on any atom is 0.408 e. The second-order valence-electron chi connectivity index (χ2n) is 11.1. The van der Waals surface area contributed by atoms with Crippen molar-refractivity contribution in [3.05, 3.63) is 64.7 Å². The zero-order chi connectivity index (χ0) is 33.1. The molecule has 238 valence electrons. The monoisotopic (exact) mass is 654 g/mol. The number of carbonyl (C=O) groups excluding carboxylic acids is 2. The normalized spacial score (nSPS) is 15.6. The van der Waals surface area contributed by atoms with E-state index in [2.05, 4.69) is 15.1 Å². The van der Waals surface area contributed by atoms with Crippen molar-refractivity contribution >= 4 is 40.1 Å². The highest BCUT2D eigenvalue weighted by molar-refractivity contribution is 6.30. The summed E-state index contributed by atoms with van der Waals surface area (Å²) in [6, 6.07) is 7.63. The highest BCUT2D eigenvalue weighted by Gasteiger charge is 2.42. The lowest BCUT2D eigenvalue weighted by Crippen LogP contribution is -2.52. The first-order valence-corrected chi connectivity index (χ1v) is 13.8. The number of nitrogens with zero attached hydrogens (tertiary/aromatic N) is 5. The van der Waals surface area contributed by atoms with Crippen LogP contribution in [-0.2, 0) is 24.3 Å². The van der Waals surface area contributed by atoms with Gasteiger partial charge in [0.15, 0.2) is 11.2 Å². The number of benzene rings is 1. The van der Waals surface area contributed by atoms with Gasteiger partial charge in [-0.1, -0.05) is 24.6 Å². The smallest absolute Gasteiger partial charge is 0.408 e. The lowest BCUT2D eigenvalue weighted by atomic mass is 9.91. The Morgan fingerprint density at radius 3 is 2.42 bits per heavy atom. The number of carbonyl (C=O) groups is 2. The van der Waals surface area contributed by atoms with Gasteiger partial charge in [0.2, 0.25) is 0 Å². The molecule has 3 aromatic heterocycles. The first kappa shape index (κ1) is 32.0. The van der Waals surface area contributed by atoms with Gasteiger partial charge in [0, 0.05) is 23.6 Å². The fourth-order valence-corrected chi connectivity index (χ4v) is 5.20. The van der Waals surface area contributed by atoms with Crippen molar-refractivity contribution in [1.82, 2.24) is 19.7 Å². The van der Waals surface area contributed by atoms with Gasteiger partial charge < -0.3 is 10.5 Å². The Kier molecular flexibility index (Phi) is 7.96. The zero-order valence-corrected chi connectivity index (χ0v) is 24.7. The minimum Gasteiger partial charge on any atom is -0.476 e. The maximum absolute atomic E-state index is 13.6. The summed E-state index contributed by atoms with van der Waals surface area (Å²) in [6.45, 7) is 2.38. The fraction of sp³-hybridized carbons (Fsp3) is 0.345. The Hall–Kier alpha value is -4.40. The molecule has 9 nitrogen and oxygen atoms in total. The largest absolute Gasteiger partial charge is 0.476 e. The van der Waals surface area contributed by atoms with E-state index in [0.29, 0.717) is 21.1 Å². The van der Waals surface area contributed by atoms with Crippen LogP contribution >= 0.6 is 11.6 Å². The van der Waals surface area contributed by atoms with Crippen LogP contribution in [0.2, 0.25) is 5.02 Å². The van der Waals surface area contributed by atoms with Gasteiger partial charge in [-0.25, -0.2) is 9.67 Å². The molecule has 0 bridgehead atoms. The van der Waals surface area contributed by atoms with Crippen molar-refractivity contribution < 1.29 is 40.7 Å². The van der Waals surface area contributed by atoms with Crippen molar-refractivity contribution in [2.45, 2.75) is 58.2 Å². The van der Waals surface area contributed by atoms with Gasteiger partial charge >= 0.3 is 12.4 Å². The summed E-state index contributed by atoms with van der Waals surface area (Å²) < 4.78 is 87.4. The van der Waals surface area contributed by atoms with Crippen molar-refractivity contribution in [2.75, 3.05) is 4.90 Å². The van der Waals surface area contributed by atoms with Gasteiger partial charge in [0.1, 0.15) is 12.3 Å². The van der Waals surface area contributed by atoms with Crippen LogP contribution in [0.4, 0.5) is 32.0 Å². The van der Waals surface area contributed by atoms with Crippen LogP contribution in [0.15, 0.2) is 42.7 Å². The Balaban J connectivity index is 1.72. The first-order chi connectivity index (χ1) is 20.9. The highest BCUT2D eigenvalue weighted by Crippen LogP contribution is 2.44. The molecule has 0 fully saturated rings. The molecule has 5 rings (SSSR count).